The van der Waals surface area contributed by atoms with E-state index < -0.39 is 11.8 Å². The molecule has 1 saturated carbocycles. The second kappa shape index (κ2) is 4.59. The van der Waals surface area contributed by atoms with Crippen LogP contribution in [0, 0.1) is 0 Å². The first kappa shape index (κ1) is 13.4. The van der Waals surface area contributed by atoms with Crippen molar-refractivity contribution >= 4 is 0 Å². The highest BCUT2D eigenvalue weighted by atomic mass is 19.1. The molecule has 1 aliphatic rings. The van der Waals surface area contributed by atoms with Gasteiger partial charge in [-0.2, -0.15) is 0 Å². The number of alkyl halides is 1. The molecule has 2 N–H and O–H groups in total. The Morgan fingerprint density at radius 3 is 2.67 bits per heavy atom. The van der Waals surface area contributed by atoms with Crippen LogP contribution in [0.5, 0.6) is 0 Å². The zero-order chi connectivity index (χ0) is 13.4. The van der Waals surface area contributed by atoms with E-state index >= 15 is 0 Å². The molecule has 2 rings (SSSR count). The van der Waals surface area contributed by atoms with E-state index in [0.717, 1.165) is 0 Å². The Labute approximate surface area is 107 Å². The largest absolute Gasteiger partial charge is 0.385 e. The quantitative estimate of drug-likeness (QED) is 0.865. The van der Waals surface area contributed by atoms with Crippen LogP contribution in [0.4, 0.5) is 4.39 Å². The van der Waals surface area contributed by atoms with Gasteiger partial charge in [-0.15, -0.1) is 0 Å². The van der Waals surface area contributed by atoms with E-state index in [0.29, 0.717) is 30.8 Å². The molecule has 18 heavy (non-hydrogen) atoms. The number of halogens is 1. The van der Waals surface area contributed by atoms with Crippen molar-refractivity contribution in [2.24, 2.45) is 0 Å². The van der Waals surface area contributed by atoms with E-state index in [9.17, 15) is 9.50 Å². The molecule has 3 nitrogen and oxygen atoms in total. The molecule has 0 saturated heterocycles. The molecule has 1 aliphatic carbocycles. The van der Waals surface area contributed by atoms with Crippen LogP contribution >= 0.6 is 0 Å². The molecule has 1 fully saturated rings. The van der Waals surface area contributed by atoms with Crippen LogP contribution in [-0.2, 0) is 5.67 Å². The Bertz CT molecular complexity index is 424. The fourth-order valence-electron chi connectivity index (χ4n) is 1.76. The highest BCUT2D eigenvalue weighted by Crippen LogP contribution is 2.48. The van der Waals surface area contributed by atoms with Crippen molar-refractivity contribution in [3.05, 3.63) is 29.6 Å². The van der Waals surface area contributed by atoms with Crippen LogP contribution in [0.15, 0.2) is 18.2 Å². The first-order valence-electron chi connectivity index (χ1n) is 6.40. The van der Waals surface area contributed by atoms with E-state index in [-0.39, 0.29) is 5.54 Å². The van der Waals surface area contributed by atoms with Crippen LogP contribution in [0.1, 0.15) is 51.1 Å². The van der Waals surface area contributed by atoms with Crippen molar-refractivity contribution in [2.45, 2.75) is 50.9 Å². The molecule has 0 spiro atoms. The average Bonchev–Trinajstić information content (AvgIpc) is 3.05. The molecule has 1 heterocycles. The van der Waals surface area contributed by atoms with E-state index in [1.165, 1.54) is 0 Å². The molecule has 0 aromatic carbocycles. The molecule has 1 aromatic rings. The third kappa shape index (κ3) is 3.27. The number of rotatable bonds is 4. The van der Waals surface area contributed by atoms with Gasteiger partial charge >= 0.3 is 0 Å². The number of hydrogen-bond acceptors (Lipinski definition) is 3. The van der Waals surface area contributed by atoms with Crippen molar-refractivity contribution in [2.75, 3.05) is 6.54 Å². The van der Waals surface area contributed by atoms with Gasteiger partial charge in [-0.05, 0) is 45.7 Å². The van der Waals surface area contributed by atoms with Crippen molar-refractivity contribution in [3.8, 4) is 0 Å². The summed E-state index contributed by atoms with van der Waals surface area (Å²) < 4.78 is 13.9. The Morgan fingerprint density at radius 1 is 1.44 bits per heavy atom. The van der Waals surface area contributed by atoms with Gasteiger partial charge in [-0.1, -0.05) is 6.07 Å². The number of nitrogens with zero attached hydrogens (tertiary/aromatic N) is 1. The zero-order valence-corrected chi connectivity index (χ0v) is 11.2. The van der Waals surface area contributed by atoms with Gasteiger partial charge < -0.3 is 10.4 Å². The smallest absolute Gasteiger partial charge is 0.153 e. The number of aliphatic hydroxyl groups is 1. The molecule has 4 heteroatoms. The van der Waals surface area contributed by atoms with Gasteiger partial charge in [0.1, 0.15) is 6.10 Å². The van der Waals surface area contributed by atoms with Gasteiger partial charge in [0.25, 0.3) is 0 Å². The van der Waals surface area contributed by atoms with Crippen LogP contribution in [0.2, 0.25) is 0 Å². The van der Waals surface area contributed by atoms with Crippen LogP contribution in [0.25, 0.3) is 0 Å². The maximum atomic E-state index is 13.9. The van der Waals surface area contributed by atoms with Gasteiger partial charge in [-0.3, -0.25) is 4.98 Å². The first-order chi connectivity index (χ1) is 8.30. The third-order valence-corrected chi connectivity index (χ3v) is 3.09. The minimum atomic E-state index is -1.24. The monoisotopic (exact) mass is 252 g/mol. The average molecular weight is 252 g/mol. The summed E-state index contributed by atoms with van der Waals surface area (Å²) in [7, 11) is 0. The Morgan fingerprint density at radius 2 is 2.11 bits per heavy atom. The van der Waals surface area contributed by atoms with E-state index in [1.807, 2.05) is 20.8 Å². The van der Waals surface area contributed by atoms with Crippen LogP contribution < -0.4 is 5.32 Å². The summed E-state index contributed by atoms with van der Waals surface area (Å²) in [4.78, 5) is 4.24. The number of aliphatic hydroxyl groups excluding tert-OH is 1. The molecule has 1 aromatic heterocycles. The van der Waals surface area contributed by atoms with Crippen molar-refractivity contribution < 1.29 is 9.50 Å². The number of β-amino-alcohol motifs (C(OH)–C–C–N with tert-alkyl or cyclic N) is 1. The van der Waals surface area contributed by atoms with Gasteiger partial charge in [-0.25, -0.2) is 4.39 Å². The minimum absolute atomic E-state index is 0.0591. The molecular formula is C14H21FN2O. The predicted octanol–water partition coefficient (Wildman–Crippen LogP) is 2.46. The lowest BCUT2D eigenvalue weighted by molar-refractivity contribution is 0.158. The van der Waals surface area contributed by atoms with Gasteiger partial charge in [0, 0.05) is 12.1 Å². The SMILES string of the molecule is CC(C)(C)NC[C@H](O)c1cccc(C2(F)CC2)n1. The van der Waals surface area contributed by atoms with E-state index in [4.69, 9.17) is 0 Å². The lowest BCUT2D eigenvalue weighted by Gasteiger charge is -2.23. The first-order valence-corrected chi connectivity index (χ1v) is 6.40. The molecule has 0 amide bonds. The number of nitrogens with one attached hydrogen (secondary N) is 1. The topological polar surface area (TPSA) is 45.1 Å². The third-order valence-electron chi connectivity index (χ3n) is 3.09. The second-order valence-electron chi connectivity index (χ2n) is 6.06. The van der Waals surface area contributed by atoms with Crippen LogP contribution in [0.3, 0.4) is 0 Å². The normalized spacial score (nSPS) is 19.6. The summed E-state index contributed by atoms with van der Waals surface area (Å²) in [6.45, 7) is 6.51. The fourth-order valence-corrected chi connectivity index (χ4v) is 1.76. The molecular weight excluding hydrogens is 231 g/mol. The van der Waals surface area contributed by atoms with Gasteiger partial charge in [0.05, 0.1) is 11.4 Å². The highest BCUT2D eigenvalue weighted by molar-refractivity contribution is 5.23. The van der Waals surface area contributed by atoms with Crippen LogP contribution in [-0.4, -0.2) is 22.2 Å². The summed E-state index contributed by atoms with van der Waals surface area (Å²) >= 11 is 0. The highest BCUT2D eigenvalue weighted by Gasteiger charge is 2.46. The summed E-state index contributed by atoms with van der Waals surface area (Å²) in [6, 6.07) is 5.20. The molecule has 1 atom stereocenters. The van der Waals surface area contributed by atoms with Crippen molar-refractivity contribution in [3.63, 3.8) is 0 Å². The second-order valence-corrected chi connectivity index (χ2v) is 6.06. The van der Waals surface area contributed by atoms with E-state index in [2.05, 4.69) is 10.3 Å². The standard InChI is InChI=1S/C14H21FN2O/c1-13(2,3)16-9-11(18)10-5-4-6-12(17-10)14(15)7-8-14/h4-6,11,16,18H,7-9H2,1-3H3/t11-/m0/s1. The minimum Gasteiger partial charge on any atom is -0.385 e. The molecule has 0 aliphatic heterocycles. The van der Waals surface area contributed by atoms with Gasteiger partial charge in [0.2, 0.25) is 0 Å². The predicted molar refractivity (Wildman–Crippen MR) is 69.0 cm³/mol. The Hall–Kier alpha value is -1.00. The Kier molecular flexibility index (Phi) is 3.43. The molecule has 0 radical (unpaired) electrons. The molecule has 100 valence electrons. The Balaban J connectivity index is 2.04. The summed E-state index contributed by atoms with van der Waals surface area (Å²) in [5, 5.41) is 13.3. The van der Waals surface area contributed by atoms with Gasteiger partial charge in [0.15, 0.2) is 5.67 Å². The van der Waals surface area contributed by atoms with Crippen molar-refractivity contribution in [1.29, 1.82) is 0 Å². The van der Waals surface area contributed by atoms with Crippen molar-refractivity contribution in [1.82, 2.24) is 10.3 Å². The number of aromatic nitrogens is 1. The lowest BCUT2D eigenvalue weighted by Crippen LogP contribution is -2.38. The van der Waals surface area contributed by atoms with E-state index in [1.54, 1.807) is 18.2 Å². The summed E-state index contributed by atoms with van der Waals surface area (Å²) in [6.07, 6.45) is 0.381. The summed E-state index contributed by atoms with van der Waals surface area (Å²) in [5.74, 6) is 0. The zero-order valence-electron chi connectivity index (χ0n) is 11.2. The maximum Gasteiger partial charge on any atom is 0.153 e. The fraction of sp³-hybridized carbons (Fsp3) is 0.643. The number of hydrogen-bond donors (Lipinski definition) is 2. The molecule has 0 unspecified atom stereocenters. The molecule has 0 bridgehead atoms. The summed E-state index contributed by atoms with van der Waals surface area (Å²) in [5.41, 5.74) is -0.313. The maximum absolute atomic E-state index is 13.9. The lowest BCUT2D eigenvalue weighted by atomic mass is 10.1. The number of pyridine rings is 1.